The van der Waals surface area contributed by atoms with Gasteiger partial charge < -0.3 is 4.90 Å². The molecule has 1 aromatic heterocycles. The maximum absolute atomic E-state index is 12.0. The van der Waals surface area contributed by atoms with Gasteiger partial charge in [-0.25, -0.2) is 0 Å². The summed E-state index contributed by atoms with van der Waals surface area (Å²) in [4.78, 5) is 28.6. The molecule has 0 unspecified atom stereocenters. The number of rotatable bonds is 7. The molecule has 0 radical (unpaired) electrons. The van der Waals surface area contributed by atoms with Crippen molar-refractivity contribution in [1.82, 2.24) is 9.80 Å². The van der Waals surface area contributed by atoms with Crippen LogP contribution in [0.4, 0.5) is 0 Å². The summed E-state index contributed by atoms with van der Waals surface area (Å²) in [6.07, 6.45) is 3.62. The average Bonchev–Trinajstić information content (AvgIpc) is 3.12. The number of carbonyl (C=O) groups excluding carboxylic acids is 2. The molecule has 0 N–H and O–H groups in total. The van der Waals surface area contributed by atoms with Crippen LogP contribution in [0.1, 0.15) is 35.4 Å². The largest absolute Gasteiger partial charge is 0.342 e. The molecule has 1 saturated heterocycles. The van der Waals surface area contributed by atoms with Gasteiger partial charge in [0.15, 0.2) is 5.78 Å². The lowest BCUT2D eigenvalue weighted by molar-refractivity contribution is -0.131. The number of thiophene rings is 1. The Morgan fingerprint density at radius 1 is 1.35 bits per heavy atom. The number of nitrogens with zero attached hydrogens (tertiary/aromatic N) is 2. The first kappa shape index (κ1) is 15.2. The topological polar surface area (TPSA) is 40.6 Å². The molecule has 1 aliphatic rings. The van der Waals surface area contributed by atoms with E-state index in [2.05, 4.69) is 0 Å². The molecule has 20 heavy (non-hydrogen) atoms. The van der Waals surface area contributed by atoms with E-state index in [-0.39, 0.29) is 11.7 Å². The van der Waals surface area contributed by atoms with Gasteiger partial charge in [0.1, 0.15) is 0 Å². The second-order valence-corrected chi connectivity index (χ2v) is 6.28. The van der Waals surface area contributed by atoms with E-state index in [0.717, 1.165) is 43.8 Å². The summed E-state index contributed by atoms with van der Waals surface area (Å²) in [6.45, 7) is 3.07. The van der Waals surface area contributed by atoms with Crippen LogP contribution in [0.15, 0.2) is 17.5 Å². The lowest BCUT2D eigenvalue weighted by Crippen LogP contribution is -2.37. The SMILES string of the molecule is CN(CCCC(=O)c1cccs1)CC(=O)N1CCCC1. The van der Waals surface area contributed by atoms with E-state index in [4.69, 9.17) is 0 Å². The average molecular weight is 294 g/mol. The second kappa shape index (κ2) is 7.55. The first-order valence-electron chi connectivity index (χ1n) is 7.20. The number of hydrogen-bond acceptors (Lipinski definition) is 4. The van der Waals surface area contributed by atoms with E-state index in [1.165, 1.54) is 11.3 Å². The number of Topliss-reactive ketones (excluding diaryl/α,β-unsaturated/α-hetero) is 1. The zero-order valence-corrected chi connectivity index (χ0v) is 12.8. The highest BCUT2D eigenvalue weighted by atomic mass is 32.1. The number of hydrogen-bond donors (Lipinski definition) is 0. The molecular formula is C15H22N2O2S. The Bertz CT molecular complexity index is 439. The monoisotopic (exact) mass is 294 g/mol. The van der Waals surface area contributed by atoms with Gasteiger partial charge in [-0.3, -0.25) is 14.5 Å². The number of carbonyl (C=O) groups is 2. The van der Waals surface area contributed by atoms with Gasteiger partial charge in [-0.05, 0) is 44.3 Å². The summed E-state index contributed by atoms with van der Waals surface area (Å²) in [5, 5.41) is 1.92. The summed E-state index contributed by atoms with van der Waals surface area (Å²) in [5.41, 5.74) is 0. The van der Waals surface area contributed by atoms with Gasteiger partial charge in [0.25, 0.3) is 0 Å². The van der Waals surface area contributed by atoms with Crippen LogP contribution in [-0.2, 0) is 4.79 Å². The van der Waals surface area contributed by atoms with Crippen molar-refractivity contribution in [3.63, 3.8) is 0 Å². The highest BCUT2D eigenvalue weighted by Crippen LogP contribution is 2.12. The first-order valence-corrected chi connectivity index (χ1v) is 8.08. The lowest BCUT2D eigenvalue weighted by Gasteiger charge is -2.20. The normalized spacial score (nSPS) is 15.0. The quantitative estimate of drug-likeness (QED) is 0.724. The zero-order valence-electron chi connectivity index (χ0n) is 12.0. The Hall–Kier alpha value is -1.20. The Morgan fingerprint density at radius 3 is 2.75 bits per heavy atom. The molecule has 0 saturated carbocycles. The Labute approximate surface area is 124 Å². The number of likely N-dealkylation sites (N-methyl/N-ethyl adjacent to an activating group) is 1. The van der Waals surface area contributed by atoms with Gasteiger partial charge in [-0.15, -0.1) is 11.3 Å². The van der Waals surface area contributed by atoms with Gasteiger partial charge in [0.2, 0.25) is 5.91 Å². The third-order valence-electron chi connectivity index (χ3n) is 3.60. The van der Waals surface area contributed by atoms with Crippen LogP contribution in [0.5, 0.6) is 0 Å². The third-order valence-corrected chi connectivity index (χ3v) is 4.51. The molecule has 1 amide bonds. The minimum atomic E-state index is 0.208. The fourth-order valence-corrected chi connectivity index (χ4v) is 3.14. The van der Waals surface area contributed by atoms with E-state index in [1.54, 1.807) is 0 Å². The molecule has 5 heteroatoms. The smallest absolute Gasteiger partial charge is 0.236 e. The summed E-state index contributed by atoms with van der Waals surface area (Å²) in [6, 6.07) is 3.77. The van der Waals surface area contributed by atoms with Crippen molar-refractivity contribution in [1.29, 1.82) is 0 Å². The lowest BCUT2D eigenvalue weighted by atomic mass is 10.2. The Balaban J connectivity index is 1.63. The summed E-state index contributed by atoms with van der Waals surface area (Å²) in [7, 11) is 1.95. The van der Waals surface area contributed by atoms with Crippen molar-refractivity contribution in [3.05, 3.63) is 22.4 Å². The first-order chi connectivity index (χ1) is 9.66. The fraction of sp³-hybridized carbons (Fsp3) is 0.600. The van der Waals surface area contributed by atoms with Crippen molar-refractivity contribution in [2.24, 2.45) is 0 Å². The van der Waals surface area contributed by atoms with E-state index < -0.39 is 0 Å². The van der Waals surface area contributed by atoms with Crippen molar-refractivity contribution in [2.75, 3.05) is 33.2 Å². The molecule has 0 aromatic carbocycles. The minimum absolute atomic E-state index is 0.208. The summed E-state index contributed by atoms with van der Waals surface area (Å²) >= 11 is 1.49. The van der Waals surface area contributed by atoms with E-state index in [1.807, 2.05) is 34.4 Å². The van der Waals surface area contributed by atoms with Crippen LogP contribution in [0.3, 0.4) is 0 Å². The fourth-order valence-electron chi connectivity index (χ4n) is 2.45. The molecule has 1 aromatic rings. The maximum Gasteiger partial charge on any atom is 0.236 e. The molecule has 110 valence electrons. The van der Waals surface area contributed by atoms with Gasteiger partial charge in [0, 0.05) is 19.5 Å². The molecule has 2 heterocycles. The molecule has 0 spiro atoms. The molecule has 1 fully saturated rings. The van der Waals surface area contributed by atoms with Crippen LogP contribution in [0, 0.1) is 0 Å². The van der Waals surface area contributed by atoms with Crippen LogP contribution < -0.4 is 0 Å². The van der Waals surface area contributed by atoms with E-state index in [9.17, 15) is 9.59 Å². The number of amides is 1. The van der Waals surface area contributed by atoms with Crippen molar-refractivity contribution in [2.45, 2.75) is 25.7 Å². The zero-order chi connectivity index (χ0) is 14.4. The Morgan fingerprint density at radius 2 is 2.10 bits per heavy atom. The van der Waals surface area contributed by atoms with Crippen molar-refractivity contribution in [3.8, 4) is 0 Å². The van der Waals surface area contributed by atoms with Crippen LogP contribution >= 0.6 is 11.3 Å². The minimum Gasteiger partial charge on any atom is -0.342 e. The Kier molecular flexibility index (Phi) is 5.73. The number of likely N-dealkylation sites (tertiary alicyclic amines) is 1. The molecule has 0 atom stereocenters. The standard InChI is InChI=1S/C15H22N2O2S/c1-16(12-15(19)17-9-2-3-10-17)8-4-6-13(18)14-7-5-11-20-14/h5,7,11H,2-4,6,8-10,12H2,1H3. The summed E-state index contributed by atoms with van der Waals surface area (Å²) in [5.74, 6) is 0.425. The van der Waals surface area contributed by atoms with Crippen molar-refractivity contribution < 1.29 is 9.59 Å². The predicted octanol–water partition coefficient (Wildman–Crippen LogP) is 2.27. The molecule has 1 aliphatic heterocycles. The highest BCUT2D eigenvalue weighted by Gasteiger charge is 2.18. The van der Waals surface area contributed by atoms with E-state index >= 15 is 0 Å². The molecule has 4 nitrogen and oxygen atoms in total. The third kappa shape index (κ3) is 4.42. The van der Waals surface area contributed by atoms with Crippen LogP contribution in [0.25, 0.3) is 0 Å². The second-order valence-electron chi connectivity index (χ2n) is 5.33. The van der Waals surface area contributed by atoms with Gasteiger partial charge >= 0.3 is 0 Å². The van der Waals surface area contributed by atoms with Gasteiger partial charge in [-0.1, -0.05) is 6.07 Å². The molecular weight excluding hydrogens is 272 g/mol. The number of ketones is 1. The highest BCUT2D eigenvalue weighted by molar-refractivity contribution is 7.12. The van der Waals surface area contributed by atoms with E-state index in [0.29, 0.717) is 13.0 Å². The molecule has 0 aliphatic carbocycles. The molecule has 2 rings (SSSR count). The van der Waals surface area contributed by atoms with Crippen molar-refractivity contribution >= 4 is 23.0 Å². The van der Waals surface area contributed by atoms with Gasteiger partial charge in [0.05, 0.1) is 11.4 Å². The summed E-state index contributed by atoms with van der Waals surface area (Å²) < 4.78 is 0. The van der Waals surface area contributed by atoms with Crippen LogP contribution in [0.2, 0.25) is 0 Å². The maximum atomic E-state index is 12.0. The van der Waals surface area contributed by atoms with Gasteiger partial charge in [-0.2, -0.15) is 0 Å². The van der Waals surface area contributed by atoms with Crippen LogP contribution in [-0.4, -0.2) is 54.7 Å². The molecule has 0 bridgehead atoms. The predicted molar refractivity (Wildman–Crippen MR) is 81.2 cm³/mol.